The van der Waals surface area contributed by atoms with E-state index in [4.69, 9.17) is 27.9 Å². The third-order valence-electron chi connectivity index (χ3n) is 6.81. The lowest BCUT2D eigenvalue weighted by molar-refractivity contribution is -0.143. The smallest absolute Gasteiger partial charge is 0.261 e. The summed E-state index contributed by atoms with van der Waals surface area (Å²) in [4.78, 5) is 29.1. The minimum absolute atomic E-state index is 0.0494. The molecule has 0 radical (unpaired) electrons. The molecule has 8 heteroatoms. The van der Waals surface area contributed by atoms with Gasteiger partial charge in [0.25, 0.3) is 5.91 Å². The third kappa shape index (κ3) is 7.57. The quantitative estimate of drug-likeness (QED) is 0.181. The highest BCUT2D eigenvalue weighted by Gasteiger charge is 2.32. The van der Waals surface area contributed by atoms with Gasteiger partial charge in [-0.15, -0.1) is 0 Å². The number of benzene rings is 4. The summed E-state index contributed by atoms with van der Waals surface area (Å²) < 4.78 is 6.80. The Morgan fingerprint density at radius 1 is 0.975 bits per heavy atom. The van der Waals surface area contributed by atoms with Gasteiger partial charge in [0.05, 0.1) is 4.47 Å². The third-order valence-corrected chi connectivity index (χ3v) is 8.21. The van der Waals surface area contributed by atoms with Crippen LogP contribution in [0.2, 0.25) is 10.0 Å². The van der Waals surface area contributed by atoms with Crippen LogP contribution in [0.3, 0.4) is 0 Å². The lowest BCUT2D eigenvalue weighted by atomic mass is 10.0. The first-order chi connectivity index (χ1) is 19.3. The minimum atomic E-state index is -0.792. The molecule has 2 amide bonds. The van der Waals surface area contributed by atoms with Crippen LogP contribution in [0.15, 0.2) is 89.4 Å². The van der Waals surface area contributed by atoms with Crippen molar-refractivity contribution in [2.45, 2.75) is 45.3 Å². The van der Waals surface area contributed by atoms with Crippen LogP contribution < -0.4 is 10.1 Å². The van der Waals surface area contributed by atoms with Gasteiger partial charge in [-0.25, -0.2) is 0 Å². The molecule has 0 saturated carbocycles. The van der Waals surface area contributed by atoms with Crippen LogP contribution in [0.25, 0.3) is 10.8 Å². The molecule has 0 spiro atoms. The van der Waals surface area contributed by atoms with Crippen molar-refractivity contribution in [2.24, 2.45) is 0 Å². The summed E-state index contributed by atoms with van der Waals surface area (Å²) in [6.07, 6.45) is 1.10. The number of fused-ring (bicyclic) bond motifs is 1. The van der Waals surface area contributed by atoms with Gasteiger partial charge in [-0.05, 0) is 69.4 Å². The zero-order valence-electron chi connectivity index (χ0n) is 22.4. The zero-order chi connectivity index (χ0) is 28.6. The number of carbonyl (C=O) groups excluding carboxylic acids is 2. The number of rotatable bonds is 11. The van der Waals surface area contributed by atoms with Crippen molar-refractivity contribution in [2.75, 3.05) is 6.61 Å². The average Bonchev–Trinajstić information content (AvgIpc) is 2.96. The molecule has 5 nitrogen and oxygen atoms in total. The first kappa shape index (κ1) is 29.9. The summed E-state index contributed by atoms with van der Waals surface area (Å²) in [6, 6.07) is 25.6. The van der Waals surface area contributed by atoms with E-state index in [9.17, 15) is 9.59 Å². The number of amides is 2. The van der Waals surface area contributed by atoms with E-state index in [1.54, 1.807) is 23.1 Å². The van der Waals surface area contributed by atoms with E-state index >= 15 is 0 Å². The Hall–Kier alpha value is -3.06. The number of carbonyl (C=O) groups is 2. The molecule has 4 aromatic rings. The second-order valence-electron chi connectivity index (χ2n) is 9.67. The summed E-state index contributed by atoms with van der Waals surface area (Å²) in [5.41, 5.74) is 1.62. The second kappa shape index (κ2) is 14.0. The largest absolute Gasteiger partial charge is 0.483 e. The summed E-state index contributed by atoms with van der Waals surface area (Å²) >= 11 is 16.3. The Bertz CT molecular complexity index is 1480. The summed E-state index contributed by atoms with van der Waals surface area (Å²) in [7, 11) is 0. The maximum Gasteiger partial charge on any atom is 0.261 e. The standard InChI is InChI=1S/C32H31BrCl2N2O3/c1-3-21(2)36-32(39)28(17-22-9-5-4-6-10-22)37(19-24-13-15-25(34)18-27(24)35)30(38)20-40-29-16-14-23-11-7-8-12-26(23)31(29)33/h4-16,18,21,28H,3,17,19-20H2,1-2H3,(H,36,39). The predicted molar refractivity (Wildman–Crippen MR) is 166 cm³/mol. The molecule has 0 fully saturated rings. The molecule has 2 atom stereocenters. The molecule has 0 aromatic heterocycles. The van der Waals surface area contributed by atoms with Crippen molar-refractivity contribution in [3.8, 4) is 5.75 Å². The highest BCUT2D eigenvalue weighted by atomic mass is 79.9. The van der Waals surface area contributed by atoms with E-state index in [2.05, 4.69) is 21.2 Å². The molecule has 208 valence electrons. The van der Waals surface area contributed by atoms with Crippen molar-refractivity contribution in [3.63, 3.8) is 0 Å². The Morgan fingerprint density at radius 2 is 1.70 bits per heavy atom. The van der Waals surface area contributed by atoms with Crippen LogP contribution in [0.4, 0.5) is 0 Å². The van der Waals surface area contributed by atoms with Gasteiger partial charge in [-0.2, -0.15) is 0 Å². The van der Waals surface area contributed by atoms with Crippen molar-refractivity contribution >= 4 is 61.7 Å². The van der Waals surface area contributed by atoms with Gasteiger partial charge in [0.15, 0.2) is 6.61 Å². The maximum atomic E-state index is 13.9. The molecule has 1 N–H and O–H groups in total. The maximum absolute atomic E-state index is 13.9. The van der Waals surface area contributed by atoms with Crippen LogP contribution >= 0.6 is 39.1 Å². The zero-order valence-corrected chi connectivity index (χ0v) is 25.5. The van der Waals surface area contributed by atoms with Gasteiger partial charge in [0, 0.05) is 29.1 Å². The fourth-order valence-electron chi connectivity index (χ4n) is 4.38. The molecule has 4 aromatic carbocycles. The lowest BCUT2D eigenvalue weighted by Crippen LogP contribution is -2.53. The number of nitrogens with zero attached hydrogens (tertiary/aromatic N) is 1. The molecule has 40 heavy (non-hydrogen) atoms. The SMILES string of the molecule is CCC(C)NC(=O)C(Cc1ccccc1)N(Cc1ccc(Cl)cc1Cl)C(=O)COc1ccc2ccccc2c1Br. The fraction of sp³-hybridized carbons (Fsp3) is 0.250. The van der Waals surface area contributed by atoms with Crippen molar-refractivity contribution in [3.05, 3.63) is 111 Å². The predicted octanol–water partition coefficient (Wildman–Crippen LogP) is 7.84. The van der Waals surface area contributed by atoms with Gasteiger partial charge < -0.3 is 15.0 Å². The molecule has 2 unspecified atom stereocenters. The highest BCUT2D eigenvalue weighted by Crippen LogP contribution is 2.33. The molecule has 0 heterocycles. The molecule has 0 aliphatic carbocycles. The highest BCUT2D eigenvalue weighted by molar-refractivity contribution is 9.10. The first-order valence-electron chi connectivity index (χ1n) is 13.1. The lowest BCUT2D eigenvalue weighted by Gasteiger charge is -2.32. The normalized spacial score (nSPS) is 12.5. The van der Waals surface area contributed by atoms with Crippen LogP contribution in [-0.4, -0.2) is 35.4 Å². The molecule has 0 aliphatic heterocycles. The molecular weight excluding hydrogens is 611 g/mol. The molecule has 0 saturated heterocycles. The van der Waals surface area contributed by atoms with E-state index in [0.29, 0.717) is 27.8 Å². The Kier molecular flexibility index (Phi) is 10.5. The van der Waals surface area contributed by atoms with Gasteiger partial charge in [0.1, 0.15) is 11.8 Å². The number of nitrogens with one attached hydrogen (secondary N) is 1. The van der Waals surface area contributed by atoms with Gasteiger partial charge in [-0.3, -0.25) is 9.59 Å². The first-order valence-corrected chi connectivity index (χ1v) is 14.7. The van der Waals surface area contributed by atoms with Gasteiger partial charge in [0.2, 0.25) is 5.91 Å². The van der Waals surface area contributed by atoms with Crippen LogP contribution in [-0.2, 0) is 22.6 Å². The Balaban J connectivity index is 1.67. The summed E-state index contributed by atoms with van der Waals surface area (Å²) in [6.45, 7) is 3.80. The molecule has 0 bridgehead atoms. The monoisotopic (exact) mass is 640 g/mol. The summed E-state index contributed by atoms with van der Waals surface area (Å²) in [5.74, 6) is -0.0324. The second-order valence-corrected chi connectivity index (χ2v) is 11.3. The Morgan fingerprint density at radius 3 is 2.42 bits per heavy atom. The van der Waals surface area contributed by atoms with Gasteiger partial charge >= 0.3 is 0 Å². The molecular formula is C32H31BrCl2N2O3. The van der Waals surface area contributed by atoms with Crippen molar-refractivity contribution < 1.29 is 14.3 Å². The van der Waals surface area contributed by atoms with E-state index in [1.165, 1.54) is 0 Å². The van der Waals surface area contributed by atoms with Crippen molar-refractivity contribution in [1.82, 2.24) is 10.2 Å². The van der Waals surface area contributed by atoms with Crippen molar-refractivity contribution in [1.29, 1.82) is 0 Å². The van der Waals surface area contributed by atoms with E-state index in [1.807, 2.05) is 80.6 Å². The van der Waals surface area contributed by atoms with Gasteiger partial charge in [-0.1, -0.05) is 96.9 Å². The van der Waals surface area contributed by atoms with Crippen LogP contribution in [0.1, 0.15) is 31.4 Å². The van der Waals surface area contributed by atoms with E-state index < -0.39 is 6.04 Å². The van der Waals surface area contributed by atoms with Crippen LogP contribution in [0.5, 0.6) is 5.75 Å². The fourth-order valence-corrected chi connectivity index (χ4v) is 5.45. The topological polar surface area (TPSA) is 58.6 Å². The van der Waals surface area contributed by atoms with E-state index in [-0.39, 0.29) is 31.0 Å². The minimum Gasteiger partial charge on any atom is -0.483 e. The average molecular weight is 642 g/mol. The van der Waals surface area contributed by atoms with Crippen LogP contribution in [0, 0.1) is 0 Å². The molecule has 0 aliphatic rings. The Labute approximate surface area is 253 Å². The van der Waals surface area contributed by atoms with E-state index in [0.717, 1.165) is 27.2 Å². The summed E-state index contributed by atoms with van der Waals surface area (Å²) in [5, 5.41) is 6.01. The molecule has 4 rings (SSSR count). The number of halogens is 3. The number of hydrogen-bond donors (Lipinski definition) is 1. The number of ether oxygens (including phenoxy) is 1. The number of hydrogen-bond acceptors (Lipinski definition) is 3.